The highest BCUT2D eigenvalue weighted by atomic mass is 28.4. The first-order chi connectivity index (χ1) is 31.8. The molecule has 1 saturated heterocycles. The molecule has 4 heterocycles. The summed E-state index contributed by atoms with van der Waals surface area (Å²) in [6.45, 7) is 13.0. The van der Waals surface area contributed by atoms with Crippen LogP contribution in [0.15, 0.2) is 155 Å². The highest BCUT2D eigenvalue weighted by molar-refractivity contribution is 6.74. The van der Waals surface area contributed by atoms with Crippen LogP contribution in [0.1, 0.15) is 55.7 Å². The first-order valence-electron chi connectivity index (χ1n) is 22.6. The quantitative estimate of drug-likeness (QED) is 0.106. The Bertz CT molecular complexity index is 3350. The monoisotopic (exact) mass is 893 g/mol. The molecule has 0 aliphatic carbocycles. The van der Waals surface area contributed by atoms with Crippen LogP contribution in [0.2, 0.25) is 18.1 Å². The number of nitrogens with one attached hydrogen (secondary N) is 1. The molecule has 11 rings (SSSR count). The van der Waals surface area contributed by atoms with Gasteiger partial charge in [0.15, 0.2) is 13.9 Å². The maximum atomic E-state index is 13.6. The summed E-state index contributed by atoms with van der Waals surface area (Å²) in [5.41, 5.74) is 2.46. The molecule has 0 radical (unpaired) electrons. The number of benzene rings is 7. The van der Waals surface area contributed by atoms with Gasteiger partial charge in [-0.2, -0.15) is 0 Å². The van der Waals surface area contributed by atoms with Crippen LogP contribution in [0, 0.1) is 6.92 Å². The molecule has 11 nitrogen and oxygen atoms in total. The molecule has 0 unspecified atom stereocenters. The number of aryl methyl sites for hydroxylation is 1. The van der Waals surface area contributed by atoms with Gasteiger partial charge in [0.2, 0.25) is 0 Å². The van der Waals surface area contributed by atoms with Crippen molar-refractivity contribution in [3.63, 3.8) is 0 Å². The predicted octanol–water partition coefficient (Wildman–Crippen LogP) is 10.9. The molecular formula is C54H51N5O6Si. The average Bonchev–Trinajstić information content (AvgIpc) is 3.95. The van der Waals surface area contributed by atoms with Gasteiger partial charge in [-0.25, -0.2) is 9.48 Å². The van der Waals surface area contributed by atoms with E-state index in [0.29, 0.717) is 23.5 Å². The van der Waals surface area contributed by atoms with Crippen molar-refractivity contribution in [2.45, 2.75) is 88.9 Å². The van der Waals surface area contributed by atoms with Gasteiger partial charge in [0, 0.05) is 34.9 Å². The van der Waals surface area contributed by atoms with E-state index in [-0.39, 0.29) is 11.6 Å². The molecule has 0 spiro atoms. The SMILES string of the molecule is Cc1cn([C@H]2C[C@H](O[Si](C)(C)C(C)(C)C)[C@@H]([C@H](Cn3cc(-c4ccc5ccc6cccc7ccc4c5c67)nn3)OC3(c4ccccc4)c4ccccc4Oc4ccccc43)O2)c(=O)[nH]c1=O. The number of ether oxygens (including phenoxy) is 3. The van der Waals surface area contributed by atoms with Crippen LogP contribution in [0.25, 0.3) is 43.6 Å². The van der Waals surface area contributed by atoms with Crippen LogP contribution in [-0.2, 0) is 26.0 Å². The number of aromatic nitrogens is 5. The summed E-state index contributed by atoms with van der Waals surface area (Å²) in [6, 6.07) is 45.6. The summed E-state index contributed by atoms with van der Waals surface area (Å²) in [6.07, 6.45) is 1.07. The van der Waals surface area contributed by atoms with E-state index >= 15 is 0 Å². The van der Waals surface area contributed by atoms with Crippen molar-refractivity contribution < 1.29 is 18.6 Å². The molecule has 7 aromatic carbocycles. The lowest BCUT2D eigenvalue weighted by Crippen LogP contribution is -2.51. The average molecular weight is 894 g/mol. The normalized spacial score (nSPS) is 18.7. The molecule has 12 heteroatoms. The van der Waals surface area contributed by atoms with Crippen molar-refractivity contribution >= 4 is 40.6 Å². The van der Waals surface area contributed by atoms with Crippen LogP contribution in [0.3, 0.4) is 0 Å². The van der Waals surface area contributed by atoms with Gasteiger partial charge in [0.05, 0.1) is 18.8 Å². The fourth-order valence-electron chi connectivity index (χ4n) is 9.86. The number of para-hydroxylation sites is 2. The van der Waals surface area contributed by atoms with Gasteiger partial charge in [-0.05, 0) is 75.1 Å². The summed E-state index contributed by atoms with van der Waals surface area (Å²) in [7, 11) is -2.49. The Balaban J connectivity index is 1.09. The molecule has 332 valence electrons. The lowest BCUT2D eigenvalue weighted by Gasteiger charge is -2.45. The number of hydrogen-bond donors (Lipinski definition) is 1. The molecular weight excluding hydrogens is 843 g/mol. The van der Waals surface area contributed by atoms with E-state index in [2.05, 4.69) is 118 Å². The maximum absolute atomic E-state index is 13.6. The van der Waals surface area contributed by atoms with Crippen molar-refractivity contribution in [3.05, 3.63) is 189 Å². The summed E-state index contributed by atoms with van der Waals surface area (Å²) in [5, 5.41) is 16.6. The third kappa shape index (κ3) is 6.89. The third-order valence-electron chi connectivity index (χ3n) is 14.2. The van der Waals surface area contributed by atoms with E-state index in [9.17, 15) is 9.59 Å². The second-order valence-corrected chi connectivity index (χ2v) is 24.0. The highest BCUT2D eigenvalue weighted by Gasteiger charge is 2.53. The molecule has 0 bridgehead atoms. The molecule has 2 aliphatic heterocycles. The minimum atomic E-state index is -2.49. The molecule has 4 atom stereocenters. The van der Waals surface area contributed by atoms with E-state index in [4.69, 9.17) is 28.9 Å². The zero-order chi connectivity index (χ0) is 45.5. The molecule has 2 aromatic heterocycles. The Hall–Kier alpha value is -6.70. The zero-order valence-corrected chi connectivity index (χ0v) is 38.8. The molecule has 9 aromatic rings. The van der Waals surface area contributed by atoms with Crippen LogP contribution in [0.5, 0.6) is 11.5 Å². The number of H-pyrrole nitrogens is 1. The predicted molar refractivity (Wildman–Crippen MR) is 260 cm³/mol. The molecule has 0 amide bonds. The minimum absolute atomic E-state index is 0.150. The van der Waals surface area contributed by atoms with Gasteiger partial charge in [0.25, 0.3) is 5.56 Å². The highest BCUT2D eigenvalue weighted by Crippen LogP contribution is 2.54. The number of aromatic amines is 1. The first-order valence-corrected chi connectivity index (χ1v) is 25.5. The fraction of sp³-hybridized carbons (Fsp3) is 0.259. The number of nitrogens with zero attached hydrogens (tertiary/aromatic N) is 4. The van der Waals surface area contributed by atoms with E-state index in [1.54, 1.807) is 13.1 Å². The molecule has 2 aliphatic rings. The van der Waals surface area contributed by atoms with Crippen LogP contribution in [-0.4, -0.2) is 51.2 Å². The van der Waals surface area contributed by atoms with Gasteiger partial charge in [-0.1, -0.05) is 147 Å². The Morgan fingerprint density at radius 2 is 1.42 bits per heavy atom. The first kappa shape index (κ1) is 42.0. The summed E-state index contributed by atoms with van der Waals surface area (Å²) < 4.78 is 32.4. The second-order valence-electron chi connectivity index (χ2n) is 19.3. The van der Waals surface area contributed by atoms with Gasteiger partial charge in [-0.15, -0.1) is 5.10 Å². The fourth-order valence-corrected chi connectivity index (χ4v) is 11.2. The van der Waals surface area contributed by atoms with Crippen molar-refractivity contribution in [2.75, 3.05) is 0 Å². The van der Waals surface area contributed by atoms with Gasteiger partial charge in [-0.3, -0.25) is 14.3 Å². The molecule has 1 fully saturated rings. The van der Waals surface area contributed by atoms with Gasteiger partial charge < -0.3 is 18.6 Å². The summed E-state index contributed by atoms with van der Waals surface area (Å²) in [5.74, 6) is 1.34. The number of rotatable bonds is 10. The van der Waals surface area contributed by atoms with Crippen molar-refractivity contribution in [3.8, 4) is 22.8 Å². The van der Waals surface area contributed by atoms with E-state index < -0.39 is 49.7 Å². The number of fused-ring (bicyclic) bond motifs is 2. The third-order valence-corrected chi connectivity index (χ3v) is 18.7. The van der Waals surface area contributed by atoms with Gasteiger partial charge in [0.1, 0.15) is 35.6 Å². The topological polar surface area (TPSA) is 122 Å². The smallest absolute Gasteiger partial charge is 0.330 e. The largest absolute Gasteiger partial charge is 0.457 e. The Labute approximate surface area is 383 Å². The van der Waals surface area contributed by atoms with E-state index in [1.165, 1.54) is 31.5 Å². The minimum Gasteiger partial charge on any atom is -0.457 e. The van der Waals surface area contributed by atoms with Crippen LogP contribution >= 0.6 is 0 Å². The maximum Gasteiger partial charge on any atom is 0.330 e. The van der Waals surface area contributed by atoms with E-state index in [0.717, 1.165) is 33.3 Å². The Morgan fingerprint density at radius 3 is 2.12 bits per heavy atom. The van der Waals surface area contributed by atoms with Crippen molar-refractivity contribution in [2.24, 2.45) is 0 Å². The lowest BCUT2D eigenvalue weighted by atomic mass is 9.77. The van der Waals surface area contributed by atoms with Crippen LogP contribution < -0.4 is 16.0 Å². The molecule has 1 N–H and O–H groups in total. The standard InChI is InChI=1S/C54H51N5O6Si/c1-33-30-59(52(61)55-51(33)60)47-29-45(65-66(5,6)53(2,3)4)50(63-47)46(64-54(37-17-8-7-9-18-37)40-19-10-12-21-43(40)62-44-22-13-11-20-41(44)54)32-58-31-42(56-57-58)38-27-25-36-24-23-34-15-14-16-35-26-28-39(38)49(36)48(34)35/h7-28,30-31,45-47,50H,29,32H2,1-6H3,(H,55,60,61)/t45-,46-,47+,50-/m0/s1. The summed E-state index contributed by atoms with van der Waals surface area (Å²) in [4.78, 5) is 28.7. The second kappa shape index (κ2) is 15.7. The zero-order valence-electron chi connectivity index (χ0n) is 37.8. The Kier molecular flexibility index (Phi) is 10.0. The van der Waals surface area contributed by atoms with Crippen LogP contribution in [0.4, 0.5) is 0 Å². The van der Waals surface area contributed by atoms with Crippen molar-refractivity contribution in [1.29, 1.82) is 0 Å². The van der Waals surface area contributed by atoms with Crippen molar-refractivity contribution in [1.82, 2.24) is 24.5 Å². The lowest BCUT2D eigenvalue weighted by molar-refractivity contribution is -0.150. The van der Waals surface area contributed by atoms with E-state index in [1.807, 2.05) is 65.5 Å². The summed E-state index contributed by atoms with van der Waals surface area (Å²) >= 11 is 0. The number of hydrogen-bond acceptors (Lipinski definition) is 8. The Morgan fingerprint density at radius 1 is 0.788 bits per heavy atom. The molecule has 66 heavy (non-hydrogen) atoms. The molecule has 0 saturated carbocycles. The van der Waals surface area contributed by atoms with Gasteiger partial charge >= 0.3 is 5.69 Å².